The molecule has 1 aromatic carbocycles. The highest BCUT2D eigenvalue weighted by Gasteiger charge is 2.16. The molecule has 0 bridgehead atoms. The van der Waals surface area contributed by atoms with Gasteiger partial charge in [-0.2, -0.15) is 0 Å². The molecule has 2 rings (SSSR count). The molecule has 0 radical (unpaired) electrons. The van der Waals surface area contributed by atoms with Gasteiger partial charge >= 0.3 is 0 Å². The molecule has 0 saturated heterocycles. The fraction of sp³-hybridized carbons (Fsp3) is 0.533. The lowest BCUT2D eigenvalue weighted by atomic mass is 9.95. The second kappa shape index (κ2) is 5.70. The Labute approximate surface area is 114 Å². The highest BCUT2D eigenvalue weighted by atomic mass is 32.1. The molecule has 1 aromatic rings. The van der Waals surface area contributed by atoms with E-state index in [1.807, 2.05) is 19.9 Å². The summed E-state index contributed by atoms with van der Waals surface area (Å²) >= 11 is 5.50. The van der Waals surface area contributed by atoms with Gasteiger partial charge in [0, 0.05) is 11.6 Å². The molecule has 3 heteroatoms. The molecule has 0 spiro atoms. The molecule has 98 valence electrons. The molecule has 1 aliphatic carbocycles. The lowest BCUT2D eigenvalue weighted by Crippen LogP contribution is -2.35. The summed E-state index contributed by atoms with van der Waals surface area (Å²) in [5, 5.41) is 13.1. The van der Waals surface area contributed by atoms with E-state index in [0.29, 0.717) is 11.8 Å². The van der Waals surface area contributed by atoms with Gasteiger partial charge in [0.05, 0.1) is 0 Å². The van der Waals surface area contributed by atoms with Crippen LogP contribution in [-0.4, -0.2) is 16.1 Å². The summed E-state index contributed by atoms with van der Waals surface area (Å²) in [6.45, 7) is 3.94. The fourth-order valence-corrected chi connectivity index (χ4v) is 2.95. The molecule has 0 amide bonds. The van der Waals surface area contributed by atoms with Crippen LogP contribution in [0.4, 0.5) is 0 Å². The Hall–Kier alpha value is -1.09. The van der Waals surface area contributed by atoms with Crippen LogP contribution >= 0.6 is 12.2 Å². The van der Waals surface area contributed by atoms with E-state index in [0.717, 1.165) is 21.7 Å². The normalized spacial score (nSPS) is 16.6. The summed E-state index contributed by atoms with van der Waals surface area (Å²) < 4.78 is 0. The summed E-state index contributed by atoms with van der Waals surface area (Å²) in [4.78, 5) is 0.822. The first kappa shape index (κ1) is 13.3. The number of thiocarbonyl (C=S) groups is 1. The molecule has 0 unspecified atom stereocenters. The molecule has 1 saturated carbocycles. The van der Waals surface area contributed by atoms with Gasteiger partial charge in [-0.15, -0.1) is 0 Å². The van der Waals surface area contributed by atoms with Gasteiger partial charge in [0.1, 0.15) is 10.7 Å². The predicted octanol–water partition coefficient (Wildman–Crippen LogP) is 3.61. The van der Waals surface area contributed by atoms with E-state index in [4.69, 9.17) is 12.2 Å². The van der Waals surface area contributed by atoms with E-state index >= 15 is 0 Å². The summed E-state index contributed by atoms with van der Waals surface area (Å²) in [5.41, 5.74) is 3.04. The van der Waals surface area contributed by atoms with Crippen LogP contribution < -0.4 is 5.32 Å². The van der Waals surface area contributed by atoms with Crippen molar-refractivity contribution in [2.24, 2.45) is 0 Å². The number of phenolic OH excluding ortho intramolecular Hbond substituents is 1. The fourth-order valence-electron chi connectivity index (χ4n) is 2.56. The first-order valence-corrected chi connectivity index (χ1v) is 7.10. The van der Waals surface area contributed by atoms with Crippen LogP contribution in [0.15, 0.2) is 12.1 Å². The largest absolute Gasteiger partial charge is 0.508 e. The maximum absolute atomic E-state index is 9.66. The molecular weight excluding hydrogens is 242 g/mol. The molecule has 0 aliphatic heterocycles. The van der Waals surface area contributed by atoms with Gasteiger partial charge in [-0.3, -0.25) is 0 Å². The Morgan fingerprint density at radius 3 is 2.50 bits per heavy atom. The van der Waals surface area contributed by atoms with Crippen LogP contribution in [0.25, 0.3) is 0 Å². The van der Waals surface area contributed by atoms with Crippen molar-refractivity contribution >= 4 is 17.2 Å². The van der Waals surface area contributed by atoms with Crippen molar-refractivity contribution in [3.05, 3.63) is 28.8 Å². The van der Waals surface area contributed by atoms with E-state index in [2.05, 4.69) is 5.32 Å². The summed E-state index contributed by atoms with van der Waals surface area (Å²) in [7, 11) is 0. The van der Waals surface area contributed by atoms with Crippen LogP contribution in [0, 0.1) is 13.8 Å². The zero-order valence-corrected chi connectivity index (χ0v) is 11.9. The molecule has 0 aromatic heterocycles. The predicted molar refractivity (Wildman–Crippen MR) is 79.3 cm³/mol. The number of hydrogen-bond acceptors (Lipinski definition) is 2. The van der Waals surface area contributed by atoms with E-state index in [1.54, 1.807) is 6.07 Å². The summed E-state index contributed by atoms with van der Waals surface area (Å²) in [6.07, 6.45) is 6.39. The van der Waals surface area contributed by atoms with Crippen LogP contribution in [0.2, 0.25) is 0 Å². The summed E-state index contributed by atoms with van der Waals surface area (Å²) in [5.74, 6) is 0.344. The quantitative estimate of drug-likeness (QED) is 0.800. The van der Waals surface area contributed by atoms with Crippen LogP contribution in [0.1, 0.15) is 48.8 Å². The van der Waals surface area contributed by atoms with Gasteiger partial charge in [0.25, 0.3) is 0 Å². The highest BCUT2D eigenvalue weighted by Crippen LogP contribution is 2.24. The Balaban J connectivity index is 2.11. The maximum atomic E-state index is 9.66. The maximum Gasteiger partial charge on any atom is 0.118 e. The van der Waals surface area contributed by atoms with E-state index < -0.39 is 0 Å². The average molecular weight is 263 g/mol. The molecule has 2 N–H and O–H groups in total. The number of hydrogen-bond donors (Lipinski definition) is 2. The third-order valence-electron chi connectivity index (χ3n) is 3.94. The standard InChI is InChI=1S/C15H21NOS/c1-10-11(2)14(17)9-8-13(10)15(18)16-12-6-4-3-5-7-12/h8-9,12,17H,3-7H2,1-2H3,(H,16,18). The Morgan fingerprint density at radius 2 is 1.83 bits per heavy atom. The number of phenols is 1. The minimum Gasteiger partial charge on any atom is -0.508 e. The first-order valence-electron chi connectivity index (χ1n) is 6.69. The van der Waals surface area contributed by atoms with Crippen molar-refractivity contribution in [3.8, 4) is 5.75 Å². The van der Waals surface area contributed by atoms with Crippen LogP contribution in [0.3, 0.4) is 0 Å². The number of rotatable bonds is 2. The number of aromatic hydroxyl groups is 1. The molecule has 1 fully saturated rings. The van der Waals surface area contributed by atoms with Gasteiger partial charge < -0.3 is 10.4 Å². The third-order valence-corrected chi connectivity index (χ3v) is 4.28. The Kier molecular flexibility index (Phi) is 4.23. The van der Waals surface area contributed by atoms with E-state index in [1.165, 1.54) is 32.1 Å². The van der Waals surface area contributed by atoms with Crippen molar-refractivity contribution < 1.29 is 5.11 Å². The molecule has 1 aliphatic rings. The van der Waals surface area contributed by atoms with Gasteiger partial charge in [0.15, 0.2) is 0 Å². The number of nitrogens with one attached hydrogen (secondary N) is 1. The van der Waals surface area contributed by atoms with Gasteiger partial charge in [-0.1, -0.05) is 31.5 Å². The zero-order chi connectivity index (χ0) is 13.1. The topological polar surface area (TPSA) is 32.3 Å². The third kappa shape index (κ3) is 2.83. The highest BCUT2D eigenvalue weighted by molar-refractivity contribution is 7.80. The summed E-state index contributed by atoms with van der Waals surface area (Å²) in [6, 6.07) is 4.17. The molecule has 2 nitrogen and oxygen atoms in total. The van der Waals surface area contributed by atoms with Crippen molar-refractivity contribution in [2.45, 2.75) is 52.0 Å². The molecule has 0 atom stereocenters. The van der Waals surface area contributed by atoms with Crippen LogP contribution in [-0.2, 0) is 0 Å². The average Bonchev–Trinajstić information content (AvgIpc) is 2.37. The first-order chi connectivity index (χ1) is 8.59. The monoisotopic (exact) mass is 263 g/mol. The van der Waals surface area contributed by atoms with E-state index in [-0.39, 0.29) is 0 Å². The molecule has 0 heterocycles. The minimum atomic E-state index is 0.344. The second-order valence-corrected chi connectivity index (χ2v) is 5.60. The molecule has 18 heavy (non-hydrogen) atoms. The van der Waals surface area contributed by atoms with Crippen molar-refractivity contribution in [2.75, 3.05) is 0 Å². The second-order valence-electron chi connectivity index (χ2n) is 5.19. The Morgan fingerprint density at radius 1 is 1.17 bits per heavy atom. The van der Waals surface area contributed by atoms with Gasteiger partial charge in [-0.25, -0.2) is 0 Å². The zero-order valence-electron chi connectivity index (χ0n) is 11.1. The van der Waals surface area contributed by atoms with Gasteiger partial charge in [0.2, 0.25) is 0 Å². The SMILES string of the molecule is Cc1c(O)ccc(C(=S)NC2CCCCC2)c1C. The molecular formula is C15H21NOS. The van der Waals surface area contributed by atoms with Gasteiger partial charge in [-0.05, 0) is 49.9 Å². The van der Waals surface area contributed by atoms with Crippen molar-refractivity contribution in [1.82, 2.24) is 5.32 Å². The van der Waals surface area contributed by atoms with Crippen molar-refractivity contribution in [1.29, 1.82) is 0 Å². The van der Waals surface area contributed by atoms with E-state index in [9.17, 15) is 5.11 Å². The lowest BCUT2D eigenvalue weighted by Gasteiger charge is -2.25. The Bertz CT molecular complexity index is 450. The lowest BCUT2D eigenvalue weighted by molar-refractivity contribution is 0.415. The van der Waals surface area contributed by atoms with Crippen LogP contribution in [0.5, 0.6) is 5.75 Å². The van der Waals surface area contributed by atoms with Crippen molar-refractivity contribution in [3.63, 3.8) is 0 Å². The smallest absolute Gasteiger partial charge is 0.118 e. The number of benzene rings is 1. The minimum absolute atomic E-state index is 0.344.